The van der Waals surface area contributed by atoms with E-state index in [-0.39, 0.29) is 0 Å². The first-order chi connectivity index (χ1) is 43.7. The molecule has 0 aromatic carbocycles. The van der Waals surface area contributed by atoms with Gasteiger partial charge >= 0.3 is 11.9 Å². The lowest BCUT2D eigenvalue weighted by molar-refractivity contribution is -0.419. The highest BCUT2D eigenvalue weighted by molar-refractivity contribution is 5.77. The summed E-state index contributed by atoms with van der Waals surface area (Å²) >= 11 is 0. The number of carbonyl (C=O) groups excluding carboxylic acids is 1. The fourth-order valence-corrected chi connectivity index (χ4v) is 11.7. The molecular formula is C50H83NO42. The summed E-state index contributed by atoms with van der Waals surface area (Å²) in [5.41, 5.74) is 0. The first-order valence-corrected chi connectivity index (χ1v) is 28.9. The minimum absolute atomic E-state index is 0.921. The number of amides is 1. The van der Waals surface area contributed by atoms with Crippen LogP contribution < -0.4 is 5.32 Å². The molecule has 0 bridgehead atoms. The monoisotopic (exact) mass is 1370 g/mol. The standard InChI is InChI=1S/C50H83NO42/c1-11(59)51-21-25(68)23(66)18(8-56)81-42(21)89-40-28(71)27(70)33(13(61)4-52)84-46(40)88-39-32(75)45(85-35(15(63)6-54)41(39)90-44-31(74)29(72)37(20(10-58)83-44)86-43-30(73)26(69)24(67)19(9-57)82-43)87-38-17(3-49(80,47(76)77)92-36(38)16(64)7-55)91-50(48(78)79)2-12(60)22(65)34(93-50)14(62)5-53/h12-46,52-58,60-75,80H,2-10H2,1H3,(H,51,59)(H,76,77)(H,78,79)/t12-,13+,14-,15+,16-,17-,18-,19-,20-,21-,22-,23-,24+,25-,26+,27+,28+,29-,30-,31-,32+,33-,34-,35-,36-,37-,38-,39-,40+,41-,42-,43+,44+,45-,46-,49-,50-/m1/s1. The molecule has 27 N–H and O–H groups in total. The van der Waals surface area contributed by atoms with Crippen molar-refractivity contribution in [1.82, 2.24) is 5.32 Å². The third-order valence-corrected chi connectivity index (χ3v) is 16.8. The van der Waals surface area contributed by atoms with Crippen LogP contribution in [0, 0.1) is 0 Å². The van der Waals surface area contributed by atoms with Crippen LogP contribution in [0.2, 0.25) is 0 Å². The number of carboxylic acid groups (broad SMARTS) is 2. The molecule has 7 aliphatic rings. The molecule has 0 aliphatic carbocycles. The number of rotatable bonds is 26. The predicted molar refractivity (Wildman–Crippen MR) is 278 cm³/mol. The fourth-order valence-electron chi connectivity index (χ4n) is 11.7. The van der Waals surface area contributed by atoms with Crippen molar-refractivity contribution in [2.24, 2.45) is 0 Å². The zero-order chi connectivity index (χ0) is 69.2. The summed E-state index contributed by atoms with van der Waals surface area (Å²) in [5, 5.41) is 285. The van der Waals surface area contributed by atoms with Crippen LogP contribution in [0.3, 0.4) is 0 Å². The van der Waals surface area contributed by atoms with Crippen molar-refractivity contribution in [2.45, 2.75) is 246 Å². The van der Waals surface area contributed by atoms with E-state index in [9.17, 15) is 147 Å². The van der Waals surface area contributed by atoms with Crippen molar-refractivity contribution in [3.63, 3.8) is 0 Å². The minimum atomic E-state index is -3.63. The number of carboxylic acids is 2. The molecule has 0 unspecified atom stereocenters. The molecule has 7 fully saturated rings. The Morgan fingerprint density at radius 3 is 1.43 bits per heavy atom. The van der Waals surface area contributed by atoms with Crippen molar-refractivity contribution >= 4 is 17.8 Å². The van der Waals surface area contributed by atoms with Gasteiger partial charge < -0.3 is 200 Å². The zero-order valence-corrected chi connectivity index (χ0v) is 48.7. The van der Waals surface area contributed by atoms with Crippen molar-refractivity contribution in [3.05, 3.63) is 0 Å². The largest absolute Gasteiger partial charge is 0.477 e. The van der Waals surface area contributed by atoms with Crippen molar-refractivity contribution < 1.29 is 209 Å². The van der Waals surface area contributed by atoms with Gasteiger partial charge in [0.1, 0.15) is 171 Å². The molecule has 1 amide bonds. The molecule has 0 aromatic heterocycles. The molecule has 43 nitrogen and oxygen atoms in total. The van der Waals surface area contributed by atoms with E-state index in [2.05, 4.69) is 5.32 Å². The number of hydrogen-bond acceptors (Lipinski definition) is 40. The summed E-state index contributed by atoms with van der Waals surface area (Å²) in [5.74, 6) is -12.6. The molecule has 7 rings (SSSR count). The van der Waals surface area contributed by atoms with Gasteiger partial charge in [0.15, 0.2) is 31.5 Å². The normalized spacial score (nSPS) is 48.0. The average Bonchev–Trinajstić information content (AvgIpc) is 0.760. The molecule has 43 heteroatoms. The second kappa shape index (κ2) is 32.3. The highest BCUT2D eigenvalue weighted by atomic mass is 16.8. The van der Waals surface area contributed by atoms with Gasteiger partial charge in [-0.3, -0.25) is 4.79 Å². The van der Waals surface area contributed by atoms with E-state index in [4.69, 9.17) is 61.6 Å². The molecule has 540 valence electrons. The topological polar surface area (TPSA) is 709 Å². The van der Waals surface area contributed by atoms with Gasteiger partial charge in [0.2, 0.25) is 5.91 Å². The Morgan fingerprint density at radius 2 is 0.882 bits per heavy atom. The van der Waals surface area contributed by atoms with Crippen LogP contribution in [-0.2, 0) is 76.0 Å². The fraction of sp³-hybridized carbons (Fsp3) is 0.940. The SMILES string of the molecule is CC(=O)N[C@H]1[C@@H](O[C@@H]2[C@@H](O[C@@H]3[C@H](O)[C@@H](O[C@H]4[C@@H]([C@H](O)CO)O[C@@](O)(C(=O)O)C[C@H]4O[C@]4(C(=O)O)C[C@@H](O)[C@@H](O)[C@@H]([C@H](O)CO)O4)O[C@H]([C@@H](O)CO)[C@H]3O[C@@H]3O[C@H](CO)[C@@H](O[C@@H]4O[C@H](CO)[C@H](O)[C@H](O)[C@H]4O)[C@H](O)[C@H]3O)O[C@H]([C@@H](O)CO)[C@@H](O)[C@@H]2O)O[C@H](CO)[C@@H](O)[C@@H]1O. The summed E-state index contributed by atoms with van der Waals surface area (Å²) in [6.45, 7) is -7.91. The quantitative estimate of drug-likeness (QED) is 0.0382. The Bertz CT molecular complexity index is 2390. The lowest BCUT2D eigenvalue weighted by Gasteiger charge is -2.53. The molecule has 7 heterocycles. The summed E-state index contributed by atoms with van der Waals surface area (Å²) in [4.78, 5) is 38.5. The molecule has 7 saturated heterocycles. The van der Waals surface area contributed by atoms with Gasteiger partial charge in [-0.15, -0.1) is 0 Å². The molecule has 93 heavy (non-hydrogen) atoms. The van der Waals surface area contributed by atoms with Crippen LogP contribution in [0.4, 0.5) is 0 Å². The molecule has 0 spiro atoms. The lowest BCUT2D eigenvalue weighted by atomic mass is 9.89. The Kier molecular flexibility index (Phi) is 26.8. The van der Waals surface area contributed by atoms with Crippen LogP contribution in [0.5, 0.6) is 0 Å². The molecule has 37 atom stereocenters. The Morgan fingerprint density at radius 1 is 0.430 bits per heavy atom. The number of nitrogens with one attached hydrogen (secondary N) is 1. The Hall–Kier alpha value is -3.07. The van der Waals surface area contributed by atoms with E-state index in [1.54, 1.807) is 0 Å². The van der Waals surface area contributed by atoms with Gasteiger partial charge in [0.05, 0.1) is 58.5 Å². The molecule has 0 saturated carbocycles. The maximum Gasteiger partial charge on any atom is 0.364 e. The summed E-state index contributed by atoms with van der Waals surface area (Å²) in [6.07, 6.45) is -81.9. The maximum atomic E-state index is 13.3. The van der Waals surface area contributed by atoms with E-state index >= 15 is 0 Å². The van der Waals surface area contributed by atoms with Crippen LogP contribution in [0.15, 0.2) is 0 Å². The number of aliphatic carboxylic acids is 2. The highest BCUT2D eigenvalue weighted by Crippen LogP contribution is 2.44. The van der Waals surface area contributed by atoms with Crippen molar-refractivity contribution in [2.75, 3.05) is 46.2 Å². The second-order valence-electron chi connectivity index (χ2n) is 23.2. The highest BCUT2D eigenvalue weighted by Gasteiger charge is 2.64. The van der Waals surface area contributed by atoms with Crippen LogP contribution in [-0.4, -0.2) is 423 Å². The minimum Gasteiger partial charge on any atom is -0.477 e. The Balaban J connectivity index is 1.36. The number of carbonyl (C=O) groups is 3. The number of aliphatic hydroxyl groups excluding tert-OH is 23. The maximum absolute atomic E-state index is 13.3. The van der Waals surface area contributed by atoms with E-state index in [1.807, 2.05) is 0 Å². The smallest absolute Gasteiger partial charge is 0.364 e. The molecular weight excluding hydrogens is 1290 g/mol. The molecule has 0 radical (unpaired) electrons. The second-order valence-corrected chi connectivity index (χ2v) is 23.2. The van der Waals surface area contributed by atoms with Gasteiger partial charge in [-0.1, -0.05) is 0 Å². The van der Waals surface area contributed by atoms with Gasteiger partial charge in [-0.05, 0) is 0 Å². The predicted octanol–water partition coefficient (Wildman–Crippen LogP) is -17.7. The van der Waals surface area contributed by atoms with Crippen LogP contribution >= 0.6 is 0 Å². The van der Waals surface area contributed by atoms with E-state index in [0.717, 1.165) is 6.92 Å². The van der Waals surface area contributed by atoms with Crippen LogP contribution in [0.1, 0.15) is 19.8 Å². The summed E-state index contributed by atoms with van der Waals surface area (Å²) in [6, 6.07) is -1.89. The van der Waals surface area contributed by atoms with Gasteiger partial charge in [-0.25, -0.2) is 9.59 Å². The summed E-state index contributed by atoms with van der Waals surface area (Å²) in [7, 11) is 0. The van der Waals surface area contributed by atoms with E-state index in [0.29, 0.717) is 0 Å². The molecule has 0 aromatic rings. The van der Waals surface area contributed by atoms with Crippen molar-refractivity contribution in [3.8, 4) is 0 Å². The number of aliphatic hydroxyl groups is 24. The Labute approximate surface area is 523 Å². The number of ether oxygens (including phenoxy) is 13. The van der Waals surface area contributed by atoms with E-state index in [1.165, 1.54) is 0 Å². The average molecular weight is 1370 g/mol. The van der Waals surface area contributed by atoms with Gasteiger partial charge in [0, 0.05) is 19.8 Å². The number of hydrogen-bond donors (Lipinski definition) is 27. The first kappa shape index (κ1) is 77.3. The zero-order valence-electron chi connectivity index (χ0n) is 48.7. The van der Waals surface area contributed by atoms with Crippen LogP contribution in [0.25, 0.3) is 0 Å². The van der Waals surface area contributed by atoms with E-state index < -0.39 is 303 Å². The third-order valence-electron chi connectivity index (χ3n) is 16.8. The summed E-state index contributed by atoms with van der Waals surface area (Å²) < 4.78 is 75.3. The molecule has 7 aliphatic heterocycles. The lowest BCUT2D eigenvalue weighted by Crippen LogP contribution is -2.71. The van der Waals surface area contributed by atoms with Gasteiger partial charge in [0.25, 0.3) is 11.6 Å². The third kappa shape index (κ3) is 16.2. The first-order valence-electron chi connectivity index (χ1n) is 28.9. The van der Waals surface area contributed by atoms with Crippen molar-refractivity contribution in [1.29, 1.82) is 0 Å². The van der Waals surface area contributed by atoms with Gasteiger partial charge in [-0.2, -0.15) is 0 Å².